The molecule has 0 spiro atoms. The van der Waals surface area contributed by atoms with Gasteiger partial charge in [0.05, 0.1) is 12.7 Å². The number of ether oxygens (including phenoxy) is 4. The maximum Gasteiger partial charge on any atom is 0.389 e. The van der Waals surface area contributed by atoms with E-state index in [-0.39, 0.29) is 28.7 Å². The zero-order chi connectivity index (χ0) is 28.2. The largest absolute Gasteiger partial charge is 0.463 e. The van der Waals surface area contributed by atoms with Crippen LogP contribution in [0.15, 0.2) is 11.5 Å². The molecule has 0 saturated carbocycles. The Morgan fingerprint density at radius 2 is 1.71 bits per heavy atom. The van der Waals surface area contributed by atoms with Crippen molar-refractivity contribution in [2.75, 3.05) is 17.7 Å². The van der Waals surface area contributed by atoms with Crippen LogP contribution in [0.4, 0.5) is 19.0 Å². The van der Waals surface area contributed by atoms with E-state index in [1.807, 2.05) is 0 Å². The highest BCUT2D eigenvalue weighted by Crippen LogP contribution is 2.37. The molecule has 3 heterocycles. The zero-order valence-corrected chi connectivity index (χ0v) is 21.4. The number of anilines is 1. The van der Waals surface area contributed by atoms with Crippen molar-refractivity contribution in [2.24, 2.45) is 0 Å². The number of hydrogen-bond acceptors (Lipinski definition) is 12. The predicted octanol–water partition coefficient (Wildman–Crippen LogP) is 2.15. The number of nitrogens with one attached hydrogen (secondary N) is 1. The van der Waals surface area contributed by atoms with Crippen LogP contribution in [-0.4, -0.2) is 80.2 Å². The summed E-state index contributed by atoms with van der Waals surface area (Å²) in [6.07, 6.45) is -9.00. The normalized spacial score (nSPS) is 21.2. The van der Waals surface area contributed by atoms with E-state index in [1.54, 1.807) is 0 Å². The summed E-state index contributed by atoms with van der Waals surface area (Å²) in [4.78, 5) is 59.4. The number of hydrogen-bond donors (Lipinski definition) is 1. The van der Waals surface area contributed by atoms with Gasteiger partial charge in [-0.2, -0.15) is 13.2 Å². The lowest BCUT2D eigenvalue weighted by Crippen LogP contribution is -2.40. The van der Waals surface area contributed by atoms with Gasteiger partial charge in [0, 0.05) is 33.4 Å². The number of nitrogens with zero attached hydrogens (tertiary/aromatic N) is 4. The smallest absolute Gasteiger partial charge is 0.389 e. The molecule has 17 heteroatoms. The number of imidazole rings is 1. The van der Waals surface area contributed by atoms with Crippen LogP contribution in [0, 0.1) is 0 Å². The minimum Gasteiger partial charge on any atom is -0.463 e. The molecule has 38 heavy (non-hydrogen) atoms. The quantitative estimate of drug-likeness (QED) is 0.205. The maximum absolute atomic E-state index is 12.7. The van der Waals surface area contributed by atoms with Gasteiger partial charge in [-0.1, -0.05) is 11.8 Å². The number of amides is 1. The third-order valence-electron chi connectivity index (χ3n) is 4.93. The van der Waals surface area contributed by atoms with E-state index in [0.29, 0.717) is 11.8 Å². The van der Waals surface area contributed by atoms with Crippen molar-refractivity contribution in [1.82, 2.24) is 19.5 Å². The molecule has 4 atom stereocenters. The van der Waals surface area contributed by atoms with Crippen molar-refractivity contribution in [3.8, 4) is 0 Å². The Morgan fingerprint density at radius 3 is 2.29 bits per heavy atom. The minimum absolute atomic E-state index is 0.0233. The van der Waals surface area contributed by atoms with E-state index >= 15 is 0 Å². The Hall–Kier alpha value is -3.47. The standard InChI is InChI=1S/C21H24F3N5O8S/c1-9(30)26-17-14-18(28-20(27-17)38-6-5-21(22,23)24)29(8-25-14)19-16(36-12(4)33)15(35-11(3)32)13(37-19)7-34-10(2)31/h8,13,15-16,19H,5-7H2,1-4H3,(H,26,27,28,30)/t13-,15-,16-,19-/m1/s1. The first kappa shape index (κ1) is 29.1. The second-order valence-electron chi connectivity index (χ2n) is 8.09. The van der Waals surface area contributed by atoms with Gasteiger partial charge in [0.25, 0.3) is 0 Å². The Labute approximate surface area is 217 Å². The number of alkyl halides is 3. The maximum atomic E-state index is 12.7. The minimum atomic E-state index is -4.39. The van der Waals surface area contributed by atoms with Crippen LogP contribution in [0.2, 0.25) is 0 Å². The lowest BCUT2D eigenvalue weighted by Gasteiger charge is -2.23. The summed E-state index contributed by atoms with van der Waals surface area (Å²) in [5.41, 5.74) is 0.0909. The van der Waals surface area contributed by atoms with Crippen LogP contribution < -0.4 is 5.32 Å². The Balaban J connectivity index is 2.06. The zero-order valence-electron chi connectivity index (χ0n) is 20.6. The monoisotopic (exact) mass is 563 g/mol. The van der Waals surface area contributed by atoms with Gasteiger partial charge >= 0.3 is 24.1 Å². The summed E-state index contributed by atoms with van der Waals surface area (Å²) in [5, 5.41) is 2.37. The Kier molecular flexibility index (Phi) is 9.14. The fourth-order valence-electron chi connectivity index (χ4n) is 3.58. The summed E-state index contributed by atoms with van der Waals surface area (Å²) in [7, 11) is 0. The average Bonchev–Trinajstić information content (AvgIpc) is 3.32. The molecule has 0 aromatic carbocycles. The van der Waals surface area contributed by atoms with Crippen molar-refractivity contribution < 1.29 is 51.3 Å². The predicted molar refractivity (Wildman–Crippen MR) is 123 cm³/mol. The van der Waals surface area contributed by atoms with Gasteiger partial charge in [-0.3, -0.25) is 23.7 Å². The van der Waals surface area contributed by atoms with Crippen molar-refractivity contribution in [2.45, 2.75) is 70.0 Å². The fourth-order valence-corrected chi connectivity index (χ4v) is 4.40. The molecule has 1 N–H and O–H groups in total. The van der Waals surface area contributed by atoms with Crippen molar-refractivity contribution in [3.05, 3.63) is 6.33 Å². The molecule has 0 radical (unpaired) electrons. The molecule has 3 rings (SSSR count). The number of carbonyl (C=O) groups excluding carboxylic acids is 4. The van der Waals surface area contributed by atoms with Crippen LogP contribution in [-0.2, 0) is 38.1 Å². The second-order valence-corrected chi connectivity index (χ2v) is 9.15. The van der Waals surface area contributed by atoms with Crippen LogP contribution in [0.5, 0.6) is 0 Å². The lowest BCUT2D eigenvalue weighted by atomic mass is 10.1. The highest BCUT2D eigenvalue weighted by Gasteiger charge is 2.51. The Morgan fingerprint density at radius 1 is 1.05 bits per heavy atom. The summed E-state index contributed by atoms with van der Waals surface area (Å²) < 4.78 is 61.0. The summed E-state index contributed by atoms with van der Waals surface area (Å²) in [6.45, 7) is 4.28. The van der Waals surface area contributed by atoms with E-state index in [0.717, 1.165) is 13.8 Å². The summed E-state index contributed by atoms with van der Waals surface area (Å²) in [5.74, 6) is -3.07. The molecule has 13 nitrogen and oxygen atoms in total. The Bertz CT molecular complexity index is 1220. The number of carbonyl (C=O) groups is 4. The molecule has 1 saturated heterocycles. The van der Waals surface area contributed by atoms with Crippen molar-refractivity contribution >= 4 is 52.6 Å². The molecule has 208 valence electrons. The SMILES string of the molecule is CC(=O)Nc1nc(SCCC(F)(F)F)nc2c1ncn2[C@@H]1O[C@H](COC(C)=O)[C@@H](OC(C)=O)[C@H]1OC(C)=O. The van der Waals surface area contributed by atoms with E-state index in [2.05, 4.69) is 20.3 Å². The van der Waals surface area contributed by atoms with Crippen molar-refractivity contribution in [1.29, 1.82) is 0 Å². The fraction of sp³-hybridized carbons (Fsp3) is 0.571. The lowest BCUT2D eigenvalue weighted by molar-refractivity contribution is -0.166. The van der Waals surface area contributed by atoms with E-state index in [9.17, 15) is 32.3 Å². The number of rotatable bonds is 9. The van der Waals surface area contributed by atoms with Crippen LogP contribution >= 0.6 is 11.8 Å². The molecular formula is C21H24F3N5O8S. The van der Waals surface area contributed by atoms with Crippen LogP contribution in [0.25, 0.3) is 11.2 Å². The highest BCUT2D eigenvalue weighted by molar-refractivity contribution is 7.99. The molecule has 0 unspecified atom stereocenters. The first-order valence-electron chi connectivity index (χ1n) is 11.1. The van der Waals surface area contributed by atoms with E-state index < -0.39 is 66.7 Å². The van der Waals surface area contributed by atoms with Gasteiger partial charge in [-0.15, -0.1) is 0 Å². The van der Waals surface area contributed by atoms with E-state index in [1.165, 1.54) is 24.7 Å². The van der Waals surface area contributed by atoms with E-state index in [4.69, 9.17) is 18.9 Å². The molecule has 2 aromatic heterocycles. The third kappa shape index (κ3) is 7.53. The molecule has 0 aliphatic carbocycles. The molecule has 1 amide bonds. The van der Waals surface area contributed by atoms with Gasteiger partial charge in [0.15, 0.2) is 40.6 Å². The average molecular weight is 564 g/mol. The summed E-state index contributed by atoms with van der Waals surface area (Å²) >= 11 is 0.703. The number of aromatic nitrogens is 4. The van der Waals surface area contributed by atoms with Gasteiger partial charge in [0.1, 0.15) is 12.7 Å². The molecular weight excluding hydrogens is 539 g/mol. The number of thioether (sulfide) groups is 1. The first-order chi connectivity index (χ1) is 17.7. The van der Waals surface area contributed by atoms with Crippen molar-refractivity contribution in [3.63, 3.8) is 0 Å². The molecule has 2 aromatic rings. The van der Waals surface area contributed by atoms with Gasteiger partial charge in [-0.05, 0) is 0 Å². The van der Waals surface area contributed by atoms with Crippen LogP contribution in [0.1, 0.15) is 40.3 Å². The second kappa shape index (κ2) is 11.9. The van der Waals surface area contributed by atoms with Gasteiger partial charge < -0.3 is 24.3 Å². The summed E-state index contributed by atoms with van der Waals surface area (Å²) in [6, 6.07) is 0. The molecule has 1 aliphatic heterocycles. The molecule has 0 bridgehead atoms. The van der Waals surface area contributed by atoms with Gasteiger partial charge in [0.2, 0.25) is 5.91 Å². The topological polar surface area (TPSA) is 161 Å². The number of fused-ring (bicyclic) bond motifs is 1. The first-order valence-corrected chi connectivity index (χ1v) is 12.1. The molecule has 1 fully saturated rings. The third-order valence-corrected chi connectivity index (χ3v) is 5.78. The highest BCUT2D eigenvalue weighted by atomic mass is 32.2. The number of esters is 3. The molecule has 1 aliphatic rings. The van der Waals surface area contributed by atoms with Gasteiger partial charge in [-0.25, -0.2) is 15.0 Å². The van der Waals surface area contributed by atoms with Crippen LogP contribution in [0.3, 0.4) is 0 Å². The number of halogens is 3.